The van der Waals surface area contributed by atoms with E-state index in [9.17, 15) is 10.2 Å². The Morgan fingerprint density at radius 3 is 2.34 bits per heavy atom. The van der Waals surface area contributed by atoms with Crippen LogP contribution in [0.1, 0.15) is 90.4 Å². The Bertz CT molecular complexity index is 430. The van der Waals surface area contributed by atoms with Gasteiger partial charge in [-0.05, 0) is 51.4 Å². The molecule has 1 heterocycles. The van der Waals surface area contributed by atoms with Gasteiger partial charge in [0.05, 0.1) is 12.7 Å². The molecule has 1 fully saturated rings. The first-order chi connectivity index (χ1) is 14.2. The second-order valence-corrected chi connectivity index (χ2v) is 8.61. The summed E-state index contributed by atoms with van der Waals surface area (Å²) in [4.78, 5) is 0. The molecule has 0 amide bonds. The van der Waals surface area contributed by atoms with Gasteiger partial charge in [0.25, 0.3) is 0 Å². The van der Waals surface area contributed by atoms with Crippen LogP contribution in [-0.2, 0) is 4.74 Å². The zero-order valence-electron chi connectivity index (χ0n) is 19.0. The minimum absolute atomic E-state index is 0.0672. The van der Waals surface area contributed by atoms with E-state index in [-0.39, 0.29) is 18.7 Å². The van der Waals surface area contributed by atoms with E-state index in [0.717, 1.165) is 32.2 Å². The molecule has 5 heteroatoms. The highest BCUT2D eigenvalue weighted by atomic mass is 16.5. The summed E-state index contributed by atoms with van der Waals surface area (Å²) < 4.78 is 5.67. The molecule has 0 radical (unpaired) electrons. The summed E-state index contributed by atoms with van der Waals surface area (Å²) in [5.74, 6) is 0.300. The van der Waals surface area contributed by atoms with E-state index >= 15 is 0 Å². The van der Waals surface area contributed by atoms with Crippen LogP contribution in [0.3, 0.4) is 0 Å². The van der Waals surface area contributed by atoms with Gasteiger partial charge in [0.2, 0.25) is 0 Å². The first kappa shape index (κ1) is 26.4. The molecule has 0 saturated carbocycles. The van der Waals surface area contributed by atoms with Crippen LogP contribution in [0.5, 0.6) is 0 Å². The van der Waals surface area contributed by atoms with Gasteiger partial charge in [0.1, 0.15) is 14.1 Å². The van der Waals surface area contributed by atoms with Crippen molar-refractivity contribution < 1.29 is 14.9 Å². The van der Waals surface area contributed by atoms with Crippen molar-refractivity contribution in [2.75, 3.05) is 13.2 Å². The number of hydrogen-bond acceptors (Lipinski definition) is 4. The van der Waals surface area contributed by atoms with Crippen molar-refractivity contribution in [3.63, 3.8) is 0 Å². The molecule has 168 valence electrons. The van der Waals surface area contributed by atoms with Crippen molar-refractivity contribution in [1.82, 2.24) is 5.32 Å². The third kappa shape index (κ3) is 14.1. The van der Waals surface area contributed by atoms with Gasteiger partial charge in [0.15, 0.2) is 0 Å². The van der Waals surface area contributed by atoms with E-state index in [2.05, 4.69) is 36.5 Å². The molecule has 1 saturated heterocycles. The Hall–Kier alpha value is -0.615. The summed E-state index contributed by atoms with van der Waals surface area (Å²) in [7, 11) is 2.04. The molecule has 29 heavy (non-hydrogen) atoms. The fraction of sp³-hybridized carbons (Fsp3) is 0.833. The molecular weight excluding hydrogens is 361 g/mol. The van der Waals surface area contributed by atoms with Crippen LogP contribution in [0.4, 0.5) is 0 Å². The van der Waals surface area contributed by atoms with Crippen LogP contribution in [0, 0.1) is 5.92 Å². The van der Waals surface area contributed by atoms with E-state index in [0.29, 0.717) is 5.92 Å². The summed E-state index contributed by atoms with van der Waals surface area (Å²) in [6.07, 6.45) is 23.9. The molecule has 4 nitrogen and oxygen atoms in total. The highest BCUT2D eigenvalue weighted by Crippen LogP contribution is 2.24. The molecule has 0 spiro atoms. The predicted octanol–water partition coefficient (Wildman–Crippen LogP) is 4.06. The maximum Gasteiger partial charge on any atom is 0.139 e. The summed E-state index contributed by atoms with van der Waals surface area (Å²) >= 11 is 0. The zero-order chi connectivity index (χ0) is 21.2. The third-order valence-corrected chi connectivity index (χ3v) is 5.79. The van der Waals surface area contributed by atoms with Crippen LogP contribution in [-0.4, -0.2) is 49.5 Å². The lowest BCUT2D eigenvalue weighted by Crippen LogP contribution is -2.36. The molecule has 1 rings (SSSR count). The van der Waals surface area contributed by atoms with Crippen molar-refractivity contribution >= 4 is 7.85 Å². The van der Waals surface area contributed by atoms with Gasteiger partial charge in [0, 0.05) is 18.5 Å². The van der Waals surface area contributed by atoms with Crippen molar-refractivity contribution in [2.45, 2.75) is 109 Å². The summed E-state index contributed by atoms with van der Waals surface area (Å²) in [6, 6.07) is 0.206. The van der Waals surface area contributed by atoms with Crippen LogP contribution in [0.2, 0.25) is 0 Å². The van der Waals surface area contributed by atoms with Crippen LogP contribution < -0.4 is 5.32 Å². The van der Waals surface area contributed by atoms with Crippen LogP contribution in [0.15, 0.2) is 24.3 Å². The number of aliphatic hydroxyl groups is 2. The fourth-order valence-corrected chi connectivity index (χ4v) is 3.99. The van der Waals surface area contributed by atoms with Crippen LogP contribution >= 0.6 is 0 Å². The maximum absolute atomic E-state index is 10.1. The Kier molecular flexibility index (Phi) is 16.6. The molecule has 0 aromatic carbocycles. The average molecular weight is 407 g/mol. The highest BCUT2D eigenvalue weighted by molar-refractivity contribution is 6.11. The van der Waals surface area contributed by atoms with E-state index in [1.54, 1.807) is 0 Å². The van der Waals surface area contributed by atoms with Gasteiger partial charge < -0.3 is 14.9 Å². The van der Waals surface area contributed by atoms with Crippen molar-refractivity contribution in [3.05, 3.63) is 24.3 Å². The molecule has 0 aromatic rings. The first-order valence-corrected chi connectivity index (χ1v) is 12.1. The lowest BCUT2D eigenvalue weighted by molar-refractivity contribution is 0.0228. The molecule has 1 unspecified atom stereocenters. The monoisotopic (exact) mass is 407 g/mol. The number of aliphatic hydroxyl groups excluding tert-OH is 2. The number of nitrogens with one attached hydrogen (secondary N) is 1. The van der Waals surface area contributed by atoms with Gasteiger partial charge in [-0.3, -0.25) is 5.32 Å². The number of ether oxygens (including phenoxy) is 1. The molecule has 1 aliphatic heterocycles. The topological polar surface area (TPSA) is 61.7 Å². The predicted molar refractivity (Wildman–Crippen MR) is 126 cm³/mol. The van der Waals surface area contributed by atoms with Crippen molar-refractivity contribution in [3.8, 4) is 0 Å². The molecule has 0 bridgehead atoms. The summed E-state index contributed by atoms with van der Waals surface area (Å²) in [6.45, 7) is 3.03. The fourth-order valence-electron chi connectivity index (χ4n) is 3.99. The Balaban J connectivity index is 1.88. The second-order valence-electron chi connectivity index (χ2n) is 8.61. The largest absolute Gasteiger partial charge is 0.394 e. The summed E-state index contributed by atoms with van der Waals surface area (Å²) in [5.41, 5.74) is 0. The lowest BCUT2D eigenvalue weighted by atomic mass is 9.91. The summed E-state index contributed by atoms with van der Waals surface area (Å²) in [5, 5.41) is 22.7. The van der Waals surface area contributed by atoms with Gasteiger partial charge in [-0.25, -0.2) is 0 Å². The second kappa shape index (κ2) is 18.2. The van der Waals surface area contributed by atoms with Gasteiger partial charge in [-0.1, -0.05) is 63.3 Å². The van der Waals surface area contributed by atoms with E-state index in [1.807, 2.05) is 7.85 Å². The highest BCUT2D eigenvalue weighted by Gasteiger charge is 2.32. The number of rotatable bonds is 18. The number of allylic oxidation sites excluding steroid dienone is 4. The standard InChI is InChI=1S/C24H46BNO3/c1-2-3-4-5-6-7-8-9-10-11-12-13-14-15-16-17-24(28)26-19-21-18-23(25)29-22(21)20-27/h6-7,9-10,21-24,26-28H,2-5,8,11-20,25H2,1H3/b7-6-,10-9-/t21-,22-,23-,24?/m1/s1. The van der Waals surface area contributed by atoms with Gasteiger partial charge in [-0.2, -0.15) is 0 Å². The zero-order valence-corrected chi connectivity index (χ0v) is 19.0. The third-order valence-electron chi connectivity index (χ3n) is 5.79. The van der Waals surface area contributed by atoms with E-state index < -0.39 is 6.23 Å². The minimum Gasteiger partial charge on any atom is -0.394 e. The Morgan fingerprint density at radius 1 is 1.00 bits per heavy atom. The Morgan fingerprint density at radius 2 is 1.66 bits per heavy atom. The first-order valence-electron chi connectivity index (χ1n) is 12.1. The van der Waals surface area contributed by atoms with Gasteiger partial charge in [-0.15, -0.1) is 0 Å². The van der Waals surface area contributed by atoms with Gasteiger partial charge >= 0.3 is 0 Å². The average Bonchev–Trinajstić information content (AvgIpc) is 3.09. The smallest absolute Gasteiger partial charge is 0.139 e. The molecule has 1 aliphatic rings. The van der Waals surface area contributed by atoms with Crippen molar-refractivity contribution in [2.24, 2.45) is 5.92 Å². The molecule has 0 aliphatic carbocycles. The molecule has 4 atom stereocenters. The number of hydrogen-bond donors (Lipinski definition) is 3. The lowest BCUT2D eigenvalue weighted by Gasteiger charge is -2.19. The van der Waals surface area contributed by atoms with E-state index in [1.165, 1.54) is 57.8 Å². The SMILES string of the molecule is B[C@H]1C[C@H](CNC(O)CCCCCCC/C=C\C/C=C\CCCCC)[C@@H](CO)O1. The quantitative estimate of drug-likeness (QED) is 0.139. The molecular formula is C24H46BNO3. The van der Waals surface area contributed by atoms with Crippen LogP contribution in [0.25, 0.3) is 0 Å². The molecule has 3 N–H and O–H groups in total. The maximum atomic E-state index is 10.1. The van der Waals surface area contributed by atoms with Crippen molar-refractivity contribution in [1.29, 1.82) is 0 Å². The van der Waals surface area contributed by atoms with E-state index in [4.69, 9.17) is 4.74 Å². The number of unbranched alkanes of at least 4 members (excludes halogenated alkanes) is 8. The normalized spacial score (nSPS) is 23.5. The molecule has 0 aromatic heterocycles. The Labute approximate surface area is 180 Å². The minimum atomic E-state index is -0.441.